The molecule has 5 heteroatoms. The van der Waals surface area contributed by atoms with E-state index in [1.807, 2.05) is 32.8 Å². The number of unbranched alkanes of at least 4 members (excludes halogenated alkanes) is 10. The smallest absolute Gasteiger partial charge is 0.310 e. The van der Waals surface area contributed by atoms with Crippen molar-refractivity contribution in [2.45, 2.75) is 111 Å². The number of hydrogen-bond acceptors (Lipinski definition) is 5. The van der Waals surface area contributed by atoms with Crippen LogP contribution < -0.4 is 0 Å². The second-order valence-electron chi connectivity index (χ2n) is 9.27. The molecular weight excluding hydrogens is 378 g/mol. The minimum absolute atomic E-state index is 0.102. The quantitative estimate of drug-likeness (QED) is 0.187. The Kier molecular flexibility index (Phi) is 18.0. The van der Waals surface area contributed by atoms with Gasteiger partial charge in [0.05, 0.1) is 11.8 Å². The van der Waals surface area contributed by atoms with Crippen LogP contribution in [0.1, 0.15) is 105 Å². The van der Waals surface area contributed by atoms with Gasteiger partial charge >= 0.3 is 11.9 Å². The van der Waals surface area contributed by atoms with Crippen molar-refractivity contribution in [2.24, 2.45) is 11.8 Å². The van der Waals surface area contributed by atoms with Crippen LogP contribution in [-0.2, 0) is 19.1 Å². The first-order valence-corrected chi connectivity index (χ1v) is 12.3. The summed E-state index contributed by atoms with van der Waals surface area (Å²) in [6.45, 7) is 8.56. The molecule has 0 amide bonds. The first-order chi connectivity index (χ1) is 14.3. The third-order valence-corrected chi connectivity index (χ3v) is 5.46. The van der Waals surface area contributed by atoms with Crippen LogP contribution in [0.3, 0.4) is 0 Å². The van der Waals surface area contributed by atoms with Crippen molar-refractivity contribution < 1.29 is 19.1 Å². The number of hydrogen-bond donors (Lipinski definition) is 0. The van der Waals surface area contributed by atoms with E-state index in [1.54, 1.807) is 6.92 Å². The highest BCUT2D eigenvalue weighted by atomic mass is 16.6. The zero-order chi connectivity index (χ0) is 22.8. The van der Waals surface area contributed by atoms with E-state index in [-0.39, 0.29) is 30.4 Å². The molecule has 0 rings (SSSR count). The number of ether oxygens (including phenoxy) is 2. The molecule has 0 aliphatic rings. The van der Waals surface area contributed by atoms with Crippen LogP contribution in [0.25, 0.3) is 0 Å². The van der Waals surface area contributed by atoms with E-state index >= 15 is 0 Å². The fourth-order valence-electron chi connectivity index (χ4n) is 3.55. The first-order valence-electron chi connectivity index (χ1n) is 12.3. The van der Waals surface area contributed by atoms with E-state index in [0.717, 1.165) is 12.8 Å². The molecule has 0 saturated heterocycles. The second-order valence-corrected chi connectivity index (χ2v) is 9.27. The van der Waals surface area contributed by atoms with Crippen LogP contribution in [0.5, 0.6) is 0 Å². The van der Waals surface area contributed by atoms with Crippen LogP contribution in [0.2, 0.25) is 0 Å². The predicted octanol–water partition coefficient (Wildman–Crippen LogP) is 6.00. The summed E-state index contributed by atoms with van der Waals surface area (Å²) in [5, 5.41) is 0. The maximum absolute atomic E-state index is 12.2. The predicted molar refractivity (Wildman–Crippen MR) is 124 cm³/mol. The molecule has 0 N–H and O–H groups in total. The van der Waals surface area contributed by atoms with Gasteiger partial charge in [-0.2, -0.15) is 0 Å². The molecule has 5 nitrogen and oxygen atoms in total. The van der Waals surface area contributed by atoms with E-state index in [9.17, 15) is 9.59 Å². The average Bonchev–Trinajstić information content (AvgIpc) is 2.69. The monoisotopic (exact) mass is 427 g/mol. The SMILES string of the molecule is CCCCCCCCCCCCCC(C)C(=O)OC(C)COC(=O)C(C)CN(C)C. The van der Waals surface area contributed by atoms with E-state index in [0.29, 0.717) is 6.54 Å². The van der Waals surface area contributed by atoms with Gasteiger partial charge in [-0.15, -0.1) is 0 Å². The number of nitrogens with zero attached hydrogens (tertiary/aromatic N) is 1. The second kappa shape index (κ2) is 18.7. The third kappa shape index (κ3) is 16.7. The molecule has 3 atom stereocenters. The molecule has 0 bridgehead atoms. The number of rotatable bonds is 19. The van der Waals surface area contributed by atoms with Gasteiger partial charge in [0.15, 0.2) is 0 Å². The molecule has 0 aromatic heterocycles. The molecular formula is C25H49NO4. The lowest BCUT2D eigenvalue weighted by atomic mass is 10.0. The van der Waals surface area contributed by atoms with Crippen molar-refractivity contribution in [3.05, 3.63) is 0 Å². The lowest BCUT2D eigenvalue weighted by Gasteiger charge is -2.19. The van der Waals surface area contributed by atoms with E-state index in [4.69, 9.17) is 9.47 Å². The van der Waals surface area contributed by atoms with Crippen LogP contribution in [0.4, 0.5) is 0 Å². The van der Waals surface area contributed by atoms with Crippen molar-refractivity contribution >= 4 is 11.9 Å². The van der Waals surface area contributed by atoms with Crippen LogP contribution in [0.15, 0.2) is 0 Å². The maximum Gasteiger partial charge on any atom is 0.310 e. The van der Waals surface area contributed by atoms with Gasteiger partial charge in [-0.05, 0) is 27.4 Å². The molecule has 0 radical (unpaired) electrons. The van der Waals surface area contributed by atoms with Crippen LogP contribution >= 0.6 is 0 Å². The lowest BCUT2D eigenvalue weighted by Crippen LogP contribution is -2.30. The molecule has 0 aliphatic carbocycles. The van der Waals surface area contributed by atoms with E-state index in [1.165, 1.54) is 64.2 Å². The van der Waals surface area contributed by atoms with Gasteiger partial charge in [0.2, 0.25) is 0 Å². The largest absolute Gasteiger partial charge is 0.462 e. The summed E-state index contributed by atoms with van der Waals surface area (Å²) >= 11 is 0. The van der Waals surface area contributed by atoms with Crippen molar-refractivity contribution in [1.82, 2.24) is 4.90 Å². The number of esters is 2. The Morgan fingerprint density at radius 1 is 0.733 bits per heavy atom. The summed E-state index contributed by atoms with van der Waals surface area (Å²) in [5.41, 5.74) is 0. The Hall–Kier alpha value is -1.10. The van der Waals surface area contributed by atoms with Crippen LogP contribution in [0, 0.1) is 11.8 Å². The van der Waals surface area contributed by atoms with E-state index in [2.05, 4.69) is 6.92 Å². The lowest BCUT2D eigenvalue weighted by molar-refractivity contribution is -0.162. The Bertz CT molecular complexity index is 439. The summed E-state index contributed by atoms with van der Waals surface area (Å²) in [6.07, 6.45) is 14.8. The Morgan fingerprint density at radius 2 is 1.23 bits per heavy atom. The molecule has 30 heavy (non-hydrogen) atoms. The summed E-state index contributed by atoms with van der Waals surface area (Å²) in [5.74, 6) is -0.732. The maximum atomic E-state index is 12.2. The molecule has 0 aromatic carbocycles. The highest BCUT2D eigenvalue weighted by Gasteiger charge is 2.20. The molecule has 0 aromatic rings. The summed E-state index contributed by atoms with van der Waals surface area (Å²) in [4.78, 5) is 26.1. The van der Waals surface area contributed by atoms with E-state index < -0.39 is 6.10 Å². The zero-order valence-electron chi connectivity index (χ0n) is 20.7. The summed E-state index contributed by atoms with van der Waals surface area (Å²) in [6, 6.07) is 0. The van der Waals surface area contributed by atoms with Crippen molar-refractivity contribution in [2.75, 3.05) is 27.2 Å². The standard InChI is InChI=1S/C25H49NO4/c1-7-8-9-10-11-12-13-14-15-16-17-18-21(2)25(28)30-23(4)20-29-24(27)22(3)19-26(5)6/h21-23H,7-20H2,1-6H3. The van der Waals surface area contributed by atoms with Gasteiger partial charge < -0.3 is 14.4 Å². The van der Waals surface area contributed by atoms with Gasteiger partial charge in [0.1, 0.15) is 12.7 Å². The highest BCUT2D eigenvalue weighted by Crippen LogP contribution is 2.15. The molecule has 0 aliphatic heterocycles. The van der Waals surface area contributed by atoms with Gasteiger partial charge in [0, 0.05) is 6.54 Å². The number of carbonyl (C=O) groups is 2. The van der Waals surface area contributed by atoms with Gasteiger partial charge in [-0.1, -0.05) is 91.4 Å². The Balaban J connectivity index is 3.72. The summed E-state index contributed by atoms with van der Waals surface area (Å²) in [7, 11) is 3.84. The third-order valence-electron chi connectivity index (χ3n) is 5.46. The van der Waals surface area contributed by atoms with Crippen molar-refractivity contribution in [3.8, 4) is 0 Å². The molecule has 0 heterocycles. The minimum Gasteiger partial charge on any atom is -0.462 e. The minimum atomic E-state index is -0.409. The fourth-order valence-corrected chi connectivity index (χ4v) is 3.55. The average molecular weight is 428 g/mol. The highest BCUT2D eigenvalue weighted by molar-refractivity contribution is 5.73. The molecule has 0 spiro atoms. The summed E-state index contributed by atoms with van der Waals surface area (Å²) < 4.78 is 10.7. The van der Waals surface area contributed by atoms with Gasteiger partial charge in [0.25, 0.3) is 0 Å². The molecule has 178 valence electrons. The van der Waals surface area contributed by atoms with Crippen LogP contribution in [-0.4, -0.2) is 50.2 Å². The fraction of sp³-hybridized carbons (Fsp3) is 0.920. The van der Waals surface area contributed by atoms with Crippen molar-refractivity contribution in [3.63, 3.8) is 0 Å². The molecule has 3 unspecified atom stereocenters. The van der Waals surface area contributed by atoms with Gasteiger partial charge in [-0.3, -0.25) is 9.59 Å². The van der Waals surface area contributed by atoms with Crippen molar-refractivity contribution in [1.29, 1.82) is 0 Å². The normalized spacial score (nSPS) is 14.4. The first kappa shape index (κ1) is 28.9. The zero-order valence-corrected chi connectivity index (χ0v) is 20.7. The van der Waals surface area contributed by atoms with Gasteiger partial charge in [-0.25, -0.2) is 0 Å². The topological polar surface area (TPSA) is 55.8 Å². The molecule has 0 saturated carbocycles. The Morgan fingerprint density at radius 3 is 1.73 bits per heavy atom. The number of carbonyl (C=O) groups excluding carboxylic acids is 2. The Labute approximate surface area is 186 Å². The molecule has 0 fully saturated rings.